The van der Waals surface area contributed by atoms with E-state index in [9.17, 15) is 9.59 Å². The van der Waals surface area contributed by atoms with Gasteiger partial charge >= 0.3 is 0 Å². The molecule has 2 amide bonds. The van der Waals surface area contributed by atoms with E-state index in [-0.39, 0.29) is 11.8 Å². The van der Waals surface area contributed by atoms with Crippen LogP contribution in [0.5, 0.6) is 5.75 Å². The molecular formula is C23H29ClN2O3S. The smallest absolute Gasteiger partial charge is 0.242 e. The van der Waals surface area contributed by atoms with E-state index in [1.54, 1.807) is 30.7 Å². The molecule has 0 bridgehead atoms. The Kier molecular flexibility index (Phi) is 10.0. The van der Waals surface area contributed by atoms with Crippen LogP contribution in [-0.4, -0.2) is 42.2 Å². The van der Waals surface area contributed by atoms with Crippen LogP contribution in [0.25, 0.3) is 0 Å². The van der Waals surface area contributed by atoms with Gasteiger partial charge in [-0.25, -0.2) is 0 Å². The average Bonchev–Trinajstić information content (AvgIpc) is 2.76. The highest BCUT2D eigenvalue weighted by atomic mass is 35.5. The van der Waals surface area contributed by atoms with E-state index in [0.29, 0.717) is 30.3 Å². The molecule has 0 saturated heterocycles. The van der Waals surface area contributed by atoms with E-state index in [2.05, 4.69) is 5.32 Å². The summed E-state index contributed by atoms with van der Waals surface area (Å²) in [5, 5.41) is 3.57. The second-order valence-electron chi connectivity index (χ2n) is 6.89. The molecule has 0 aliphatic heterocycles. The van der Waals surface area contributed by atoms with Crippen LogP contribution in [-0.2, 0) is 16.1 Å². The highest BCUT2D eigenvalue weighted by molar-refractivity contribution is 7.99. The summed E-state index contributed by atoms with van der Waals surface area (Å²) in [6.45, 7) is 4.71. The quantitative estimate of drug-likeness (QED) is 0.503. The Balaban J connectivity index is 2.06. The highest BCUT2D eigenvalue weighted by Gasteiger charge is 2.25. The molecular weight excluding hydrogens is 420 g/mol. The lowest BCUT2D eigenvalue weighted by Gasteiger charge is -2.29. The maximum absolute atomic E-state index is 13.0. The number of nitrogens with one attached hydrogen (secondary N) is 1. The molecule has 0 aliphatic rings. The standard InChI is InChI=1S/C23H29ClN2O3S/c1-4-13-25-23(28)17(2)26(16-18-6-5-7-20(15-18)29-3)22(27)12-14-30-21-10-8-19(24)9-11-21/h5-11,15,17H,4,12-14,16H2,1-3H3,(H,25,28). The van der Waals surface area contributed by atoms with Crippen molar-refractivity contribution in [1.82, 2.24) is 10.2 Å². The van der Waals surface area contributed by atoms with Crippen molar-refractivity contribution in [2.45, 2.75) is 44.2 Å². The van der Waals surface area contributed by atoms with Crippen LogP contribution in [0.15, 0.2) is 53.4 Å². The zero-order valence-corrected chi connectivity index (χ0v) is 19.3. The molecule has 30 heavy (non-hydrogen) atoms. The Morgan fingerprint density at radius 3 is 2.60 bits per heavy atom. The minimum Gasteiger partial charge on any atom is -0.497 e. The van der Waals surface area contributed by atoms with Crippen molar-refractivity contribution >= 4 is 35.2 Å². The summed E-state index contributed by atoms with van der Waals surface area (Å²) in [5.41, 5.74) is 0.920. The fourth-order valence-electron chi connectivity index (χ4n) is 2.88. The molecule has 0 aromatic heterocycles. The molecule has 5 nitrogen and oxygen atoms in total. The van der Waals surface area contributed by atoms with Crippen LogP contribution < -0.4 is 10.1 Å². The van der Waals surface area contributed by atoms with Crippen LogP contribution in [0.3, 0.4) is 0 Å². The molecule has 2 aromatic rings. The summed E-state index contributed by atoms with van der Waals surface area (Å²) >= 11 is 7.51. The normalized spacial score (nSPS) is 11.6. The number of amides is 2. The van der Waals surface area contributed by atoms with Crippen LogP contribution >= 0.6 is 23.4 Å². The number of methoxy groups -OCH3 is 1. The fourth-order valence-corrected chi connectivity index (χ4v) is 3.84. The van der Waals surface area contributed by atoms with Crippen LogP contribution in [0, 0.1) is 0 Å². The molecule has 0 heterocycles. The molecule has 1 N–H and O–H groups in total. The minimum atomic E-state index is -0.559. The topological polar surface area (TPSA) is 58.6 Å². The lowest BCUT2D eigenvalue weighted by atomic mass is 10.1. The van der Waals surface area contributed by atoms with Gasteiger partial charge < -0.3 is 15.0 Å². The number of nitrogens with zero attached hydrogens (tertiary/aromatic N) is 1. The van der Waals surface area contributed by atoms with Crippen LogP contribution in [0.4, 0.5) is 0 Å². The summed E-state index contributed by atoms with van der Waals surface area (Å²) in [5.74, 6) is 1.15. The molecule has 7 heteroatoms. The van der Waals surface area contributed by atoms with Crippen LogP contribution in [0.1, 0.15) is 32.3 Å². The third-order valence-electron chi connectivity index (χ3n) is 4.60. The molecule has 0 aliphatic carbocycles. The number of rotatable bonds is 11. The minimum absolute atomic E-state index is 0.0570. The van der Waals surface area contributed by atoms with E-state index in [1.807, 2.05) is 55.5 Å². The summed E-state index contributed by atoms with van der Waals surface area (Å²) in [7, 11) is 1.61. The lowest BCUT2D eigenvalue weighted by molar-refractivity contribution is -0.140. The maximum Gasteiger partial charge on any atom is 0.242 e. The van der Waals surface area contributed by atoms with Gasteiger partial charge in [-0.1, -0.05) is 30.7 Å². The molecule has 1 atom stereocenters. The number of ether oxygens (including phenoxy) is 1. The predicted molar refractivity (Wildman–Crippen MR) is 123 cm³/mol. The predicted octanol–water partition coefficient (Wildman–Crippen LogP) is 4.77. The Labute approximate surface area is 188 Å². The fraction of sp³-hybridized carbons (Fsp3) is 0.391. The van der Waals surface area contributed by atoms with E-state index in [4.69, 9.17) is 16.3 Å². The number of halogens is 1. The zero-order chi connectivity index (χ0) is 21.9. The SMILES string of the molecule is CCCNC(=O)C(C)N(Cc1cccc(OC)c1)C(=O)CCSc1ccc(Cl)cc1. The maximum atomic E-state index is 13.0. The Morgan fingerprint density at radius 1 is 1.20 bits per heavy atom. The highest BCUT2D eigenvalue weighted by Crippen LogP contribution is 2.22. The van der Waals surface area contributed by atoms with Crippen molar-refractivity contribution in [1.29, 1.82) is 0 Å². The molecule has 0 spiro atoms. The van der Waals surface area contributed by atoms with Gasteiger partial charge in [-0.15, -0.1) is 11.8 Å². The average molecular weight is 449 g/mol. The second-order valence-corrected chi connectivity index (χ2v) is 8.50. The first kappa shape index (κ1) is 24.1. The number of benzene rings is 2. The number of hydrogen-bond acceptors (Lipinski definition) is 4. The van der Waals surface area contributed by atoms with Gasteiger partial charge in [0.05, 0.1) is 7.11 Å². The van der Waals surface area contributed by atoms with Gasteiger partial charge in [0.1, 0.15) is 11.8 Å². The Morgan fingerprint density at radius 2 is 1.93 bits per heavy atom. The third-order valence-corrected chi connectivity index (χ3v) is 5.87. The first-order valence-corrected chi connectivity index (χ1v) is 11.4. The van der Waals surface area contributed by atoms with Gasteiger partial charge in [0.2, 0.25) is 11.8 Å². The van der Waals surface area contributed by atoms with Crippen LogP contribution in [0.2, 0.25) is 5.02 Å². The van der Waals surface area contributed by atoms with Gasteiger partial charge in [0, 0.05) is 35.2 Å². The van der Waals surface area contributed by atoms with E-state index in [0.717, 1.165) is 22.6 Å². The summed E-state index contributed by atoms with van der Waals surface area (Å²) in [6, 6.07) is 14.5. The van der Waals surface area contributed by atoms with Gasteiger partial charge in [-0.05, 0) is 55.3 Å². The van der Waals surface area contributed by atoms with Crippen molar-refractivity contribution < 1.29 is 14.3 Å². The van der Waals surface area contributed by atoms with Gasteiger partial charge in [0.15, 0.2) is 0 Å². The second kappa shape index (κ2) is 12.5. The molecule has 0 fully saturated rings. The lowest BCUT2D eigenvalue weighted by Crippen LogP contribution is -2.47. The Hall–Kier alpha value is -2.18. The van der Waals surface area contributed by atoms with Gasteiger partial charge in [-0.3, -0.25) is 9.59 Å². The first-order chi connectivity index (χ1) is 14.4. The van der Waals surface area contributed by atoms with E-state index in [1.165, 1.54) is 0 Å². The molecule has 2 aromatic carbocycles. The molecule has 162 valence electrons. The molecule has 0 saturated carbocycles. The summed E-state index contributed by atoms with van der Waals surface area (Å²) < 4.78 is 5.28. The largest absolute Gasteiger partial charge is 0.497 e. The summed E-state index contributed by atoms with van der Waals surface area (Å²) in [4.78, 5) is 28.3. The third kappa shape index (κ3) is 7.58. The van der Waals surface area contributed by atoms with Crippen molar-refractivity contribution in [3.63, 3.8) is 0 Å². The van der Waals surface area contributed by atoms with Crippen molar-refractivity contribution in [2.24, 2.45) is 0 Å². The summed E-state index contributed by atoms with van der Waals surface area (Å²) in [6.07, 6.45) is 1.18. The van der Waals surface area contributed by atoms with Crippen molar-refractivity contribution in [2.75, 3.05) is 19.4 Å². The zero-order valence-electron chi connectivity index (χ0n) is 17.7. The molecule has 1 unspecified atom stereocenters. The monoisotopic (exact) mass is 448 g/mol. The van der Waals surface area contributed by atoms with Crippen molar-refractivity contribution in [3.05, 3.63) is 59.1 Å². The molecule has 2 rings (SSSR count). The number of carbonyl (C=O) groups is 2. The number of carbonyl (C=O) groups excluding carboxylic acids is 2. The number of thioether (sulfide) groups is 1. The van der Waals surface area contributed by atoms with E-state index >= 15 is 0 Å². The van der Waals surface area contributed by atoms with Crippen molar-refractivity contribution in [3.8, 4) is 5.75 Å². The first-order valence-electron chi connectivity index (χ1n) is 10.0. The number of hydrogen-bond donors (Lipinski definition) is 1. The Bertz CT molecular complexity index is 829. The van der Waals surface area contributed by atoms with Gasteiger partial charge in [-0.2, -0.15) is 0 Å². The van der Waals surface area contributed by atoms with Gasteiger partial charge in [0.25, 0.3) is 0 Å². The van der Waals surface area contributed by atoms with E-state index < -0.39 is 6.04 Å². The molecule has 0 radical (unpaired) electrons.